The van der Waals surface area contributed by atoms with Gasteiger partial charge in [0, 0.05) is 12.0 Å². The van der Waals surface area contributed by atoms with Crippen molar-refractivity contribution < 1.29 is 24.2 Å². The molecule has 3 rings (SSSR count). The number of carbonyl (C=O) groups excluding carboxylic acids is 1. The monoisotopic (exact) mass is 414 g/mol. The Morgan fingerprint density at radius 3 is 2.67 bits per heavy atom. The lowest BCUT2D eigenvalue weighted by molar-refractivity contribution is -0.137. The van der Waals surface area contributed by atoms with Crippen molar-refractivity contribution in [2.75, 3.05) is 30.4 Å². The Labute approximate surface area is 174 Å². The number of amides is 1. The minimum Gasteiger partial charge on any atom is -0.492 e. The molecule has 0 aliphatic carbocycles. The van der Waals surface area contributed by atoms with Crippen LogP contribution < -0.4 is 20.1 Å². The number of aromatic nitrogens is 2. The summed E-state index contributed by atoms with van der Waals surface area (Å²) in [6, 6.07) is 7.43. The van der Waals surface area contributed by atoms with Crippen molar-refractivity contribution in [3.8, 4) is 11.8 Å². The van der Waals surface area contributed by atoms with Gasteiger partial charge in [0.25, 0.3) is 0 Å². The molecule has 2 aromatic rings. The van der Waals surface area contributed by atoms with Crippen molar-refractivity contribution in [2.45, 2.75) is 39.0 Å². The van der Waals surface area contributed by atoms with Gasteiger partial charge in [-0.25, -0.2) is 0 Å². The van der Waals surface area contributed by atoms with Gasteiger partial charge in [-0.05, 0) is 30.5 Å². The summed E-state index contributed by atoms with van der Waals surface area (Å²) in [5, 5.41) is 8.75. The first-order chi connectivity index (χ1) is 14.5. The first-order valence-corrected chi connectivity index (χ1v) is 10.0. The molecule has 0 atom stereocenters. The summed E-state index contributed by atoms with van der Waals surface area (Å²) in [5.74, 6) is 0.456. The topological polar surface area (TPSA) is 128 Å². The number of carboxylic acids is 1. The Morgan fingerprint density at radius 2 is 1.97 bits per heavy atom. The highest BCUT2D eigenvalue weighted by Gasteiger charge is 2.32. The molecule has 9 heteroatoms. The van der Waals surface area contributed by atoms with E-state index in [0.29, 0.717) is 36.7 Å². The SMILES string of the molecule is CCCCOc1nc(N)c2c(n1)N(CCOc1ccc(CCC(=O)O)cc1)C(=O)C2. The molecule has 1 amide bonds. The van der Waals surface area contributed by atoms with Crippen molar-refractivity contribution in [3.63, 3.8) is 0 Å². The van der Waals surface area contributed by atoms with Crippen LogP contribution in [0.1, 0.15) is 37.3 Å². The number of carboxylic acid groups (broad SMARTS) is 1. The standard InChI is InChI=1S/C21H26N4O5/c1-2-3-11-30-21-23-19(22)16-13-17(26)25(20(16)24-21)10-12-29-15-7-4-14(5-8-15)6-9-18(27)28/h4-5,7-8H,2-3,6,9-13H2,1H3,(H,27,28)(H2,22,23,24). The fourth-order valence-electron chi connectivity index (χ4n) is 3.09. The van der Waals surface area contributed by atoms with Crippen molar-refractivity contribution in [3.05, 3.63) is 35.4 Å². The molecular weight excluding hydrogens is 388 g/mol. The number of anilines is 2. The van der Waals surface area contributed by atoms with E-state index in [2.05, 4.69) is 16.9 Å². The molecule has 0 bridgehead atoms. The number of nitrogens with zero attached hydrogens (tertiary/aromatic N) is 3. The zero-order valence-corrected chi connectivity index (χ0v) is 17.0. The number of benzene rings is 1. The van der Waals surface area contributed by atoms with Crippen LogP contribution in [0.5, 0.6) is 11.8 Å². The molecule has 9 nitrogen and oxygen atoms in total. The molecular formula is C21H26N4O5. The van der Waals surface area contributed by atoms with Gasteiger partial charge >= 0.3 is 12.0 Å². The Balaban J connectivity index is 1.58. The molecule has 1 aromatic carbocycles. The summed E-state index contributed by atoms with van der Waals surface area (Å²) >= 11 is 0. The third-order valence-corrected chi connectivity index (χ3v) is 4.75. The molecule has 1 aromatic heterocycles. The first-order valence-electron chi connectivity index (χ1n) is 10.0. The predicted molar refractivity (Wildman–Crippen MR) is 111 cm³/mol. The number of carbonyl (C=O) groups is 2. The summed E-state index contributed by atoms with van der Waals surface area (Å²) in [5.41, 5.74) is 7.54. The highest BCUT2D eigenvalue weighted by Crippen LogP contribution is 2.31. The lowest BCUT2D eigenvalue weighted by Gasteiger charge is -2.17. The molecule has 2 heterocycles. The van der Waals surface area contributed by atoms with E-state index in [1.807, 2.05) is 12.1 Å². The van der Waals surface area contributed by atoms with Crippen molar-refractivity contribution in [1.82, 2.24) is 9.97 Å². The quantitative estimate of drug-likeness (QED) is 0.536. The van der Waals surface area contributed by atoms with Gasteiger partial charge in [0.2, 0.25) is 5.91 Å². The lowest BCUT2D eigenvalue weighted by Crippen LogP contribution is -2.31. The van der Waals surface area contributed by atoms with Crippen LogP contribution in [0.2, 0.25) is 0 Å². The largest absolute Gasteiger partial charge is 0.492 e. The molecule has 0 fully saturated rings. The van der Waals surface area contributed by atoms with E-state index in [0.717, 1.165) is 18.4 Å². The Hall–Kier alpha value is -3.36. The zero-order chi connectivity index (χ0) is 21.5. The van der Waals surface area contributed by atoms with Gasteiger partial charge in [0.05, 0.1) is 19.6 Å². The van der Waals surface area contributed by atoms with Crippen LogP contribution in [-0.4, -0.2) is 46.7 Å². The number of rotatable bonds is 11. The van der Waals surface area contributed by atoms with E-state index in [4.69, 9.17) is 20.3 Å². The minimum absolute atomic E-state index is 0.0891. The molecule has 0 saturated heterocycles. The molecule has 1 aliphatic rings. The minimum atomic E-state index is -0.825. The van der Waals surface area contributed by atoms with E-state index >= 15 is 0 Å². The van der Waals surface area contributed by atoms with Gasteiger partial charge in [-0.3, -0.25) is 14.5 Å². The molecule has 0 unspecified atom stereocenters. The van der Waals surface area contributed by atoms with E-state index in [-0.39, 0.29) is 37.2 Å². The van der Waals surface area contributed by atoms with Gasteiger partial charge in [0.15, 0.2) is 0 Å². The maximum Gasteiger partial charge on any atom is 0.320 e. The molecule has 0 radical (unpaired) electrons. The molecule has 30 heavy (non-hydrogen) atoms. The third-order valence-electron chi connectivity index (χ3n) is 4.75. The van der Waals surface area contributed by atoms with E-state index in [1.54, 1.807) is 17.0 Å². The van der Waals surface area contributed by atoms with Crippen molar-refractivity contribution in [1.29, 1.82) is 0 Å². The zero-order valence-electron chi connectivity index (χ0n) is 17.0. The van der Waals surface area contributed by atoms with Crippen LogP contribution in [-0.2, 0) is 22.4 Å². The second-order valence-corrected chi connectivity index (χ2v) is 7.00. The number of nitrogens with two attached hydrogens (primary N) is 1. The second kappa shape index (κ2) is 9.91. The van der Waals surface area contributed by atoms with Crippen LogP contribution in [0.3, 0.4) is 0 Å². The summed E-state index contributed by atoms with van der Waals surface area (Å²) in [7, 11) is 0. The molecule has 0 saturated carbocycles. The van der Waals surface area contributed by atoms with Crippen LogP contribution in [0.15, 0.2) is 24.3 Å². The average molecular weight is 414 g/mol. The van der Waals surface area contributed by atoms with Crippen molar-refractivity contribution in [2.24, 2.45) is 0 Å². The van der Waals surface area contributed by atoms with Crippen LogP contribution >= 0.6 is 0 Å². The number of hydrogen-bond donors (Lipinski definition) is 2. The third kappa shape index (κ3) is 5.37. The Kier molecular flexibility index (Phi) is 7.05. The van der Waals surface area contributed by atoms with Crippen LogP contribution in [0.4, 0.5) is 11.6 Å². The number of fused-ring (bicyclic) bond motifs is 1. The first kappa shape index (κ1) is 21.4. The normalized spacial score (nSPS) is 12.7. The number of hydrogen-bond acceptors (Lipinski definition) is 7. The Morgan fingerprint density at radius 1 is 1.20 bits per heavy atom. The molecule has 3 N–H and O–H groups in total. The summed E-state index contributed by atoms with van der Waals surface area (Å²) < 4.78 is 11.3. The Bertz CT molecular complexity index is 901. The van der Waals surface area contributed by atoms with Gasteiger partial charge in [-0.15, -0.1) is 0 Å². The lowest BCUT2D eigenvalue weighted by atomic mass is 10.1. The predicted octanol–water partition coefficient (Wildman–Crippen LogP) is 2.22. The number of ether oxygens (including phenoxy) is 2. The fraction of sp³-hybridized carbons (Fsp3) is 0.429. The number of nitrogen functional groups attached to an aromatic ring is 1. The van der Waals surface area contributed by atoms with E-state index in [1.165, 1.54) is 0 Å². The maximum absolute atomic E-state index is 12.4. The van der Waals surface area contributed by atoms with Gasteiger partial charge in [-0.1, -0.05) is 25.5 Å². The van der Waals surface area contributed by atoms with Gasteiger partial charge in [0.1, 0.15) is 24.0 Å². The fourth-order valence-corrected chi connectivity index (χ4v) is 3.09. The average Bonchev–Trinajstić information content (AvgIpc) is 3.04. The number of aryl methyl sites for hydroxylation is 1. The van der Waals surface area contributed by atoms with Gasteiger partial charge in [-0.2, -0.15) is 9.97 Å². The van der Waals surface area contributed by atoms with Crippen LogP contribution in [0, 0.1) is 0 Å². The smallest absolute Gasteiger partial charge is 0.320 e. The highest BCUT2D eigenvalue weighted by atomic mass is 16.5. The molecule has 0 spiro atoms. The highest BCUT2D eigenvalue weighted by molar-refractivity contribution is 6.01. The van der Waals surface area contributed by atoms with E-state index in [9.17, 15) is 9.59 Å². The summed E-state index contributed by atoms with van der Waals surface area (Å²) in [4.78, 5) is 33.1. The molecule has 1 aliphatic heterocycles. The van der Waals surface area contributed by atoms with Crippen LogP contribution in [0.25, 0.3) is 0 Å². The second-order valence-electron chi connectivity index (χ2n) is 7.00. The number of unbranched alkanes of at least 4 members (excludes halogenated alkanes) is 1. The summed E-state index contributed by atoms with van der Waals surface area (Å²) in [6.45, 7) is 3.15. The van der Waals surface area contributed by atoms with Crippen molar-refractivity contribution >= 4 is 23.5 Å². The number of aliphatic carboxylic acids is 1. The molecule has 160 valence electrons. The van der Waals surface area contributed by atoms with Gasteiger partial charge < -0.3 is 20.3 Å². The summed E-state index contributed by atoms with van der Waals surface area (Å²) in [6.07, 6.45) is 2.59. The maximum atomic E-state index is 12.4. The van der Waals surface area contributed by atoms with E-state index < -0.39 is 5.97 Å².